The van der Waals surface area contributed by atoms with Crippen molar-refractivity contribution in [2.45, 2.75) is 13.3 Å². The molecule has 1 atom stereocenters. The number of aromatic amines is 1. The predicted octanol–water partition coefficient (Wildman–Crippen LogP) is 2.85. The average Bonchev–Trinajstić information content (AvgIpc) is 2.98. The Bertz CT molecular complexity index is 901. The van der Waals surface area contributed by atoms with Gasteiger partial charge >= 0.3 is 0 Å². The van der Waals surface area contributed by atoms with Gasteiger partial charge in [-0.15, -0.1) is 0 Å². The summed E-state index contributed by atoms with van der Waals surface area (Å²) in [6.45, 7) is 3.14. The van der Waals surface area contributed by atoms with E-state index in [9.17, 15) is 4.79 Å². The SMILES string of the molecule is Cc1nc2ccc(C(=O)NC[C@H]3COc4ccccc4C3)cc2[nH]1. The highest BCUT2D eigenvalue weighted by Gasteiger charge is 2.20. The first-order valence-corrected chi connectivity index (χ1v) is 8.14. The number of aryl methyl sites for hydroxylation is 1. The van der Waals surface area contributed by atoms with E-state index in [1.54, 1.807) is 0 Å². The molecule has 0 saturated carbocycles. The van der Waals surface area contributed by atoms with Crippen LogP contribution in [0.2, 0.25) is 0 Å². The third kappa shape index (κ3) is 2.85. The lowest BCUT2D eigenvalue weighted by Gasteiger charge is -2.25. The van der Waals surface area contributed by atoms with Gasteiger partial charge in [0.2, 0.25) is 0 Å². The number of aromatic nitrogens is 2. The quantitative estimate of drug-likeness (QED) is 0.779. The molecule has 2 aromatic carbocycles. The average molecular weight is 321 g/mol. The highest BCUT2D eigenvalue weighted by Crippen LogP contribution is 2.26. The number of amides is 1. The molecule has 2 heterocycles. The molecule has 1 aromatic heterocycles. The third-order valence-corrected chi connectivity index (χ3v) is 4.37. The Morgan fingerprint density at radius 1 is 1.33 bits per heavy atom. The van der Waals surface area contributed by atoms with Crippen LogP contribution in [-0.2, 0) is 6.42 Å². The summed E-state index contributed by atoms with van der Waals surface area (Å²) in [4.78, 5) is 19.9. The summed E-state index contributed by atoms with van der Waals surface area (Å²) in [7, 11) is 0. The number of benzene rings is 2. The maximum Gasteiger partial charge on any atom is 0.251 e. The number of nitrogens with one attached hydrogen (secondary N) is 2. The number of para-hydroxylation sites is 1. The fourth-order valence-electron chi connectivity index (χ4n) is 3.14. The number of carbonyl (C=O) groups excluding carboxylic acids is 1. The summed E-state index contributed by atoms with van der Waals surface area (Å²) < 4.78 is 5.77. The lowest BCUT2D eigenvalue weighted by atomic mass is 9.96. The number of fused-ring (bicyclic) bond motifs is 2. The first-order valence-electron chi connectivity index (χ1n) is 8.14. The summed E-state index contributed by atoms with van der Waals surface area (Å²) >= 11 is 0. The van der Waals surface area contributed by atoms with E-state index >= 15 is 0 Å². The largest absolute Gasteiger partial charge is 0.493 e. The molecule has 4 rings (SSSR count). The van der Waals surface area contributed by atoms with E-state index in [0.717, 1.165) is 29.0 Å². The second-order valence-corrected chi connectivity index (χ2v) is 6.25. The van der Waals surface area contributed by atoms with Gasteiger partial charge in [0.25, 0.3) is 5.91 Å². The summed E-state index contributed by atoms with van der Waals surface area (Å²) in [6.07, 6.45) is 0.926. The van der Waals surface area contributed by atoms with Crippen molar-refractivity contribution in [1.29, 1.82) is 0 Å². The molecule has 24 heavy (non-hydrogen) atoms. The molecule has 5 heteroatoms. The zero-order valence-corrected chi connectivity index (χ0v) is 13.5. The third-order valence-electron chi connectivity index (χ3n) is 4.37. The van der Waals surface area contributed by atoms with Gasteiger partial charge in [-0.25, -0.2) is 4.98 Å². The number of hydrogen-bond donors (Lipinski definition) is 2. The smallest absolute Gasteiger partial charge is 0.251 e. The minimum Gasteiger partial charge on any atom is -0.493 e. The lowest BCUT2D eigenvalue weighted by Crippen LogP contribution is -2.34. The summed E-state index contributed by atoms with van der Waals surface area (Å²) in [5.41, 5.74) is 3.61. The van der Waals surface area contributed by atoms with Gasteiger partial charge in [-0.3, -0.25) is 4.79 Å². The first kappa shape index (κ1) is 14.8. The van der Waals surface area contributed by atoms with Crippen LogP contribution < -0.4 is 10.1 Å². The number of rotatable bonds is 3. The van der Waals surface area contributed by atoms with Crippen molar-refractivity contribution in [3.05, 3.63) is 59.4 Å². The van der Waals surface area contributed by atoms with Crippen LogP contribution in [0.5, 0.6) is 5.75 Å². The number of imidazole rings is 1. The Labute approximate surface area is 140 Å². The van der Waals surface area contributed by atoms with Gasteiger partial charge in [0, 0.05) is 18.0 Å². The first-order chi connectivity index (χ1) is 11.7. The van der Waals surface area contributed by atoms with Crippen molar-refractivity contribution in [2.75, 3.05) is 13.2 Å². The number of ether oxygens (including phenoxy) is 1. The minimum absolute atomic E-state index is 0.0667. The topological polar surface area (TPSA) is 67.0 Å². The van der Waals surface area contributed by atoms with Crippen LogP contribution in [0.4, 0.5) is 0 Å². The molecule has 3 aromatic rings. The normalized spacial score (nSPS) is 16.5. The zero-order chi connectivity index (χ0) is 16.5. The molecule has 0 bridgehead atoms. The molecule has 1 aliphatic rings. The van der Waals surface area contributed by atoms with Crippen molar-refractivity contribution in [2.24, 2.45) is 5.92 Å². The van der Waals surface area contributed by atoms with E-state index in [1.807, 2.05) is 43.3 Å². The lowest BCUT2D eigenvalue weighted by molar-refractivity contribution is 0.0939. The second kappa shape index (κ2) is 6.00. The van der Waals surface area contributed by atoms with Crippen LogP contribution in [0.15, 0.2) is 42.5 Å². The van der Waals surface area contributed by atoms with Gasteiger partial charge in [-0.1, -0.05) is 18.2 Å². The molecule has 122 valence electrons. The molecule has 1 aliphatic heterocycles. The fraction of sp³-hybridized carbons (Fsp3) is 0.263. The van der Waals surface area contributed by atoms with Gasteiger partial charge in [0.1, 0.15) is 11.6 Å². The Morgan fingerprint density at radius 2 is 2.21 bits per heavy atom. The van der Waals surface area contributed by atoms with Crippen LogP contribution in [0.25, 0.3) is 11.0 Å². The van der Waals surface area contributed by atoms with Crippen molar-refractivity contribution in [1.82, 2.24) is 15.3 Å². The maximum atomic E-state index is 12.4. The van der Waals surface area contributed by atoms with Crippen LogP contribution in [0.1, 0.15) is 21.7 Å². The van der Waals surface area contributed by atoms with Crippen LogP contribution in [0.3, 0.4) is 0 Å². The number of nitrogens with zero attached hydrogens (tertiary/aromatic N) is 1. The predicted molar refractivity (Wildman–Crippen MR) is 92.3 cm³/mol. The Hall–Kier alpha value is -2.82. The molecule has 0 unspecified atom stereocenters. The van der Waals surface area contributed by atoms with Crippen molar-refractivity contribution >= 4 is 16.9 Å². The van der Waals surface area contributed by atoms with Crippen molar-refractivity contribution < 1.29 is 9.53 Å². The fourth-order valence-corrected chi connectivity index (χ4v) is 3.14. The molecular weight excluding hydrogens is 302 g/mol. The Kier molecular flexibility index (Phi) is 3.69. The molecule has 5 nitrogen and oxygen atoms in total. The second-order valence-electron chi connectivity index (χ2n) is 6.25. The van der Waals surface area contributed by atoms with Crippen LogP contribution in [0, 0.1) is 12.8 Å². The standard InChI is InChI=1S/C19H19N3O2/c1-12-21-16-7-6-15(9-17(16)22-12)19(23)20-10-13-8-14-4-2-3-5-18(14)24-11-13/h2-7,9,13H,8,10-11H2,1H3,(H,20,23)(H,21,22)/t13-/m0/s1. The number of H-pyrrole nitrogens is 1. The molecule has 0 saturated heterocycles. The van der Waals surface area contributed by atoms with Crippen molar-refractivity contribution in [3.8, 4) is 5.75 Å². The minimum atomic E-state index is -0.0667. The number of hydrogen-bond acceptors (Lipinski definition) is 3. The molecular formula is C19H19N3O2. The van der Waals surface area contributed by atoms with E-state index in [0.29, 0.717) is 24.6 Å². The highest BCUT2D eigenvalue weighted by atomic mass is 16.5. The molecule has 1 amide bonds. The van der Waals surface area contributed by atoms with E-state index in [-0.39, 0.29) is 5.91 Å². The maximum absolute atomic E-state index is 12.4. The van der Waals surface area contributed by atoms with Gasteiger partial charge in [0.05, 0.1) is 17.6 Å². The zero-order valence-electron chi connectivity index (χ0n) is 13.5. The van der Waals surface area contributed by atoms with Gasteiger partial charge in [-0.05, 0) is 43.2 Å². The summed E-state index contributed by atoms with van der Waals surface area (Å²) in [5.74, 6) is 2.03. The van der Waals surface area contributed by atoms with Crippen molar-refractivity contribution in [3.63, 3.8) is 0 Å². The van der Waals surface area contributed by atoms with E-state index < -0.39 is 0 Å². The molecule has 0 aliphatic carbocycles. The monoisotopic (exact) mass is 321 g/mol. The van der Waals surface area contributed by atoms with Gasteiger partial charge in [-0.2, -0.15) is 0 Å². The molecule has 0 radical (unpaired) electrons. The number of carbonyl (C=O) groups is 1. The van der Waals surface area contributed by atoms with Gasteiger partial charge < -0.3 is 15.0 Å². The van der Waals surface area contributed by atoms with E-state index in [1.165, 1.54) is 5.56 Å². The molecule has 2 N–H and O–H groups in total. The highest BCUT2D eigenvalue weighted by molar-refractivity contribution is 5.97. The Morgan fingerprint density at radius 3 is 3.12 bits per heavy atom. The summed E-state index contributed by atoms with van der Waals surface area (Å²) in [6, 6.07) is 13.6. The van der Waals surface area contributed by atoms with Crippen LogP contribution >= 0.6 is 0 Å². The summed E-state index contributed by atoms with van der Waals surface area (Å²) in [5, 5.41) is 3.02. The Balaban J connectivity index is 1.41. The van der Waals surface area contributed by atoms with Gasteiger partial charge in [0.15, 0.2) is 0 Å². The van der Waals surface area contributed by atoms with E-state index in [2.05, 4.69) is 21.4 Å². The molecule has 0 spiro atoms. The van der Waals surface area contributed by atoms with E-state index in [4.69, 9.17) is 4.74 Å². The molecule has 0 fully saturated rings. The van der Waals surface area contributed by atoms with Crippen LogP contribution in [-0.4, -0.2) is 29.0 Å².